The number of hydrogen-bond donors (Lipinski definition) is 2. The number of aliphatic hydroxyl groups is 1. The lowest BCUT2D eigenvalue weighted by atomic mass is 10.1. The van der Waals surface area contributed by atoms with Gasteiger partial charge in [-0.1, -0.05) is 6.07 Å². The Morgan fingerprint density at radius 2 is 2.00 bits per heavy atom. The quantitative estimate of drug-likeness (QED) is 0.551. The predicted octanol–water partition coefficient (Wildman–Crippen LogP) is 3.18. The highest BCUT2D eigenvalue weighted by Gasteiger charge is 2.18. The molecule has 32 heavy (non-hydrogen) atoms. The van der Waals surface area contributed by atoms with Gasteiger partial charge in [0.2, 0.25) is 0 Å². The Labute approximate surface area is 188 Å². The summed E-state index contributed by atoms with van der Waals surface area (Å²) in [6.45, 7) is 11.1. The minimum absolute atomic E-state index is 0.103. The number of H-pyrrole nitrogens is 1. The summed E-state index contributed by atoms with van der Waals surface area (Å²) < 4.78 is 11.1. The van der Waals surface area contributed by atoms with Crippen molar-refractivity contribution in [2.45, 2.75) is 39.8 Å². The first-order valence-electron chi connectivity index (χ1n) is 10.9. The number of benzene rings is 1. The SMILES string of the molecule is Cc1[nH]c2ccc(CN=Cc3cc(N4CCOCC4)nc(OCC(C)(C)O)n3)cc2c1C. The highest BCUT2D eigenvalue weighted by atomic mass is 16.5. The van der Waals surface area contributed by atoms with Crippen molar-refractivity contribution >= 4 is 22.9 Å². The fourth-order valence-electron chi connectivity index (χ4n) is 3.61. The van der Waals surface area contributed by atoms with Crippen LogP contribution in [0.3, 0.4) is 0 Å². The first-order valence-corrected chi connectivity index (χ1v) is 10.9. The number of ether oxygens (including phenoxy) is 2. The zero-order valence-corrected chi connectivity index (χ0v) is 19.2. The molecular weight excluding hydrogens is 406 g/mol. The fourth-order valence-corrected chi connectivity index (χ4v) is 3.61. The van der Waals surface area contributed by atoms with E-state index in [1.807, 2.05) is 6.07 Å². The standard InChI is InChI=1S/C24H31N5O3/c1-16-17(2)26-21-6-5-18(11-20(16)21)13-25-14-19-12-22(29-7-9-31-10-8-29)28-23(27-19)32-15-24(3,4)30/h5-6,11-12,14,26,30H,7-10,13,15H2,1-4H3. The van der Waals surface area contributed by atoms with E-state index in [9.17, 15) is 5.11 Å². The Hall–Kier alpha value is -2.97. The molecule has 1 fully saturated rings. The van der Waals surface area contributed by atoms with E-state index in [-0.39, 0.29) is 12.6 Å². The Morgan fingerprint density at radius 1 is 1.22 bits per heavy atom. The average Bonchev–Trinajstić information content (AvgIpc) is 3.06. The van der Waals surface area contributed by atoms with E-state index < -0.39 is 5.60 Å². The number of aromatic nitrogens is 3. The van der Waals surface area contributed by atoms with Crippen LogP contribution in [0.4, 0.5) is 5.82 Å². The molecule has 0 amide bonds. The lowest BCUT2D eigenvalue weighted by molar-refractivity contribution is 0.0250. The molecule has 4 rings (SSSR count). The molecule has 1 aromatic carbocycles. The second-order valence-corrected chi connectivity index (χ2v) is 8.86. The van der Waals surface area contributed by atoms with Gasteiger partial charge in [-0.05, 0) is 51.0 Å². The van der Waals surface area contributed by atoms with Gasteiger partial charge in [-0.3, -0.25) is 4.99 Å². The number of aromatic amines is 1. The van der Waals surface area contributed by atoms with Gasteiger partial charge in [-0.15, -0.1) is 0 Å². The van der Waals surface area contributed by atoms with Crippen molar-refractivity contribution in [3.8, 4) is 6.01 Å². The predicted molar refractivity (Wildman–Crippen MR) is 126 cm³/mol. The molecule has 2 N–H and O–H groups in total. The van der Waals surface area contributed by atoms with Gasteiger partial charge in [-0.2, -0.15) is 9.97 Å². The number of nitrogens with one attached hydrogen (secondary N) is 1. The minimum Gasteiger partial charge on any atom is -0.460 e. The van der Waals surface area contributed by atoms with Gasteiger partial charge in [0.1, 0.15) is 12.4 Å². The van der Waals surface area contributed by atoms with E-state index in [4.69, 9.17) is 9.47 Å². The maximum Gasteiger partial charge on any atom is 0.319 e. The Balaban J connectivity index is 1.54. The number of rotatable bonds is 7. The summed E-state index contributed by atoms with van der Waals surface area (Å²) >= 11 is 0. The van der Waals surface area contributed by atoms with Crippen molar-refractivity contribution in [1.82, 2.24) is 15.0 Å². The molecule has 0 aliphatic carbocycles. The van der Waals surface area contributed by atoms with Crippen LogP contribution >= 0.6 is 0 Å². The Bertz CT molecular complexity index is 1110. The summed E-state index contributed by atoms with van der Waals surface area (Å²) in [6, 6.07) is 8.52. The van der Waals surface area contributed by atoms with Crippen LogP contribution in [0.15, 0.2) is 29.3 Å². The van der Waals surface area contributed by atoms with Crippen LogP contribution in [0.25, 0.3) is 10.9 Å². The third kappa shape index (κ3) is 5.44. The Kier molecular flexibility index (Phi) is 6.43. The van der Waals surface area contributed by atoms with E-state index in [0.717, 1.165) is 30.0 Å². The minimum atomic E-state index is -0.972. The molecule has 170 valence electrons. The summed E-state index contributed by atoms with van der Waals surface area (Å²) in [5.41, 5.74) is 4.44. The summed E-state index contributed by atoms with van der Waals surface area (Å²) in [6.07, 6.45) is 1.75. The molecule has 0 radical (unpaired) electrons. The molecule has 1 saturated heterocycles. The van der Waals surface area contributed by atoms with Crippen molar-refractivity contribution in [3.63, 3.8) is 0 Å². The van der Waals surface area contributed by atoms with Crippen LogP contribution in [0.5, 0.6) is 6.01 Å². The van der Waals surface area contributed by atoms with Crippen molar-refractivity contribution in [2.75, 3.05) is 37.8 Å². The molecule has 0 saturated carbocycles. The Morgan fingerprint density at radius 3 is 2.75 bits per heavy atom. The van der Waals surface area contributed by atoms with Crippen LogP contribution in [0.2, 0.25) is 0 Å². The molecule has 1 aliphatic rings. The van der Waals surface area contributed by atoms with Gasteiger partial charge in [0.15, 0.2) is 0 Å². The molecule has 1 aliphatic heterocycles. The molecule has 0 atom stereocenters. The highest BCUT2D eigenvalue weighted by Crippen LogP contribution is 2.23. The topological polar surface area (TPSA) is 95.9 Å². The molecule has 0 bridgehead atoms. The van der Waals surface area contributed by atoms with Crippen LogP contribution in [0, 0.1) is 13.8 Å². The third-order valence-electron chi connectivity index (χ3n) is 5.47. The van der Waals surface area contributed by atoms with Crippen molar-refractivity contribution in [3.05, 3.63) is 46.8 Å². The number of morpholine rings is 1. The van der Waals surface area contributed by atoms with E-state index >= 15 is 0 Å². The monoisotopic (exact) mass is 437 g/mol. The van der Waals surface area contributed by atoms with Crippen molar-refractivity contribution < 1.29 is 14.6 Å². The zero-order valence-electron chi connectivity index (χ0n) is 19.2. The largest absolute Gasteiger partial charge is 0.460 e. The first-order chi connectivity index (χ1) is 15.3. The normalized spacial score (nSPS) is 15.1. The molecule has 0 unspecified atom stereocenters. The van der Waals surface area contributed by atoms with E-state index in [2.05, 4.69) is 56.9 Å². The summed E-state index contributed by atoms with van der Waals surface area (Å²) in [5.74, 6) is 0.773. The van der Waals surface area contributed by atoms with Crippen LogP contribution in [0.1, 0.15) is 36.4 Å². The second-order valence-electron chi connectivity index (χ2n) is 8.86. The first kappa shape index (κ1) is 22.2. The summed E-state index contributed by atoms with van der Waals surface area (Å²) in [5, 5.41) is 11.2. The van der Waals surface area contributed by atoms with Crippen molar-refractivity contribution in [2.24, 2.45) is 4.99 Å². The summed E-state index contributed by atoms with van der Waals surface area (Å²) in [7, 11) is 0. The molecule has 0 spiro atoms. The number of fused-ring (bicyclic) bond motifs is 1. The average molecular weight is 438 g/mol. The number of aryl methyl sites for hydroxylation is 2. The second kappa shape index (κ2) is 9.26. The van der Waals surface area contributed by atoms with Crippen LogP contribution in [-0.2, 0) is 11.3 Å². The van der Waals surface area contributed by atoms with Gasteiger partial charge < -0.3 is 24.5 Å². The zero-order chi connectivity index (χ0) is 22.7. The van der Waals surface area contributed by atoms with E-state index in [1.165, 1.54) is 16.6 Å². The van der Waals surface area contributed by atoms with Gasteiger partial charge in [-0.25, -0.2) is 0 Å². The van der Waals surface area contributed by atoms with Gasteiger partial charge in [0.25, 0.3) is 0 Å². The summed E-state index contributed by atoms with van der Waals surface area (Å²) in [4.78, 5) is 19.2. The maximum atomic E-state index is 9.99. The van der Waals surface area contributed by atoms with Gasteiger partial charge in [0, 0.05) is 42.0 Å². The molecular formula is C24H31N5O3. The fraction of sp³-hybridized carbons (Fsp3) is 0.458. The van der Waals surface area contributed by atoms with Crippen molar-refractivity contribution in [1.29, 1.82) is 0 Å². The smallest absolute Gasteiger partial charge is 0.319 e. The number of aliphatic imine (C=N–C) groups is 1. The van der Waals surface area contributed by atoms with E-state index in [1.54, 1.807) is 20.1 Å². The molecule has 3 aromatic rings. The number of nitrogens with zero attached hydrogens (tertiary/aromatic N) is 4. The van der Waals surface area contributed by atoms with Gasteiger partial charge in [0.05, 0.1) is 31.1 Å². The molecule has 8 heteroatoms. The van der Waals surface area contributed by atoms with E-state index in [0.29, 0.717) is 25.5 Å². The molecule has 2 aromatic heterocycles. The van der Waals surface area contributed by atoms with Gasteiger partial charge >= 0.3 is 6.01 Å². The lowest BCUT2D eigenvalue weighted by Crippen LogP contribution is -2.37. The molecule has 8 nitrogen and oxygen atoms in total. The number of anilines is 1. The van der Waals surface area contributed by atoms with Crippen LogP contribution in [-0.4, -0.2) is 64.8 Å². The van der Waals surface area contributed by atoms with Crippen LogP contribution < -0.4 is 9.64 Å². The highest BCUT2D eigenvalue weighted by molar-refractivity contribution is 5.85. The lowest BCUT2D eigenvalue weighted by Gasteiger charge is -2.28. The third-order valence-corrected chi connectivity index (χ3v) is 5.47. The number of hydrogen-bond acceptors (Lipinski definition) is 7. The molecule has 3 heterocycles. The maximum absolute atomic E-state index is 9.99.